The van der Waals surface area contributed by atoms with Crippen molar-refractivity contribution < 1.29 is 17.6 Å². The lowest BCUT2D eigenvalue weighted by atomic mass is 9.95. The van der Waals surface area contributed by atoms with Crippen LogP contribution in [0.5, 0.6) is 0 Å². The van der Waals surface area contributed by atoms with Crippen LogP contribution in [0.25, 0.3) is 5.57 Å². The van der Waals surface area contributed by atoms with E-state index in [1.165, 1.54) is 30.3 Å². The molecular formula is C17H14F4. The summed E-state index contributed by atoms with van der Waals surface area (Å²) < 4.78 is 56.6. The summed E-state index contributed by atoms with van der Waals surface area (Å²) in [6.07, 6.45) is 0. The van der Waals surface area contributed by atoms with E-state index < -0.39 is 23.0 Å². The van der Waals surface area contributed by atoms with Crippen molar-refractivity contribution in [2.45, 2.75) is 18.8 Å². The molecule has 0 aromatic heterocycles. The van der Waals surface area contributed by atoms with Crippen LogP contribution in [0.3, 0.4) is 0 Å². The van der Waals surface area contributed by atoms with E-state index in [-0.39, 0.29) is 0 Å². The van der Waals surface area contributed by atoms with Gasteiger partial charge in [0.25, 0.3) is 0 Å². The van der Waals surface area contributed by atoms with Gasteiger partial charge < -0.3 is 0 Å². The molecule has 2 aromatic carbocycles. The van der Waals surface area contributed by atoms with Crippen molar-refractivity contribution in [1.29, 1.82) is 0 Å². The third kappa shape index (κ3) is 2.71. The molecule has 4 heteroatoms. The van der Waals surface area contributed by atoms with E-state index in [1.807, 2.05) is 0 Å². The fourth-order valence-electron chi connectivity index (χ4n) is 1.97. The molecule has 2 rings (SSSR count). The predicted molar refractivity (Wildman–Crippen MR) is 75.4 cm³/mol. The molecule has 0 radical (unpaired) electrons. The van der Waals surface area contributed by atoms with E-state index in [4.69, 9.17) is 0 Å². The highest BCUT2D eigenvalue weighted by atomic mass is 19.3. The van der Waals surface area contributed by atoms with Crippen LogP contribution in [0.15, 0.2) is 61.2 Å². The van der Waals surface area contributed by atoms with Crippen molar-refractivity contribution in [2.75, 3.05) is 0 Å². The Labute approximate surface area is 120 Å². The van der Waals surface area contributed by atoms with Gasteiger partial charge in [0.05, 0.1) is 0 Å². The molecule has 0 aliphatic carbocycles. The molecule has 0 nitrogen and oxygen atoms in total. The topological polar surface area (TPSA) is 0 Å². The van der Waals surface area contributed by atoms with Crippen LogP contribution < -0.4 is 0 Å². The second-order valence-corrected chi connectivity index (χ2v) is 4.87. The number of benzene rings is 2. The molecule has 110 valence electrons. The summed E-state index contributed by atoms with van der Waals surface area (Å²) in [5, 5.41) is 0. The molecule has 2 aromatic rings. The average Bonchev–Trinajstić information content (AvgIpc) is 2.48. The van der Waals surface area contributed by atoms with E-state index in [1.54, 1.807) is 6.92 Å². The van der Waals surface area contributed by atoms with Crippen LogP contribution in [0.2, 0.25) is 0 Å². The van der Waals surface area contributed by atoms with Crippen molar-refractivity contribution in [3.8, 4) is 0 Å². The lowest BCUT2D eigenvalue weighted by molar-refractivity contribution is -0.223. The molecule has 0 heterocycles. The van der Waals surface area contributed by atoms with E-state index in [9.17, 15) is 17.6 Å². The first-order valence-electron chi connectivity index (χ1n) is 6.34. The van der Waals surface area contributed by atoms with Crippen molar-refractivity contribution in [3.63, 3.8) is 0 Å². The van der Waals surface area contributed by atoms with Crippen LogP contribution in [0, 0.1) is 0 Å². The van der Waals surface area contributed by atoms with Gasteiger partial charge in [-0.1, -0.05) is 66.7 Å². The highest BCUT2D eigenvalue weighted by molar-refractivity contribution is 5.61. The summed E-state index contributed by atoms with van der Waals surface area (Å²) in [6.45, 7) is 5.39. The largest absolute Gasteiger partial charge is 0.339 e. The monoisotopic (exact) mass is 294 g/mol. The Kier molecular flexibility index (Phi) is 3.90. The second-order valence-electron chi connectivity index (χ2n) is 4.87. The van der Waals surface area contributed by atoms with Crippen LogP contribution in [-0.2, 0) is 11.8 Å². The first kappa shape index (κ1) is 15.3. The maximum absolute atomic E-state index is 14.2. The van der Waals surface area contributed by atoms with Gasteiger partial charge in [-0.25, -0.2) is 0 Å². The molecule has 0 aliphatic heterocycles. The zero-order valence-corrected chi connectivity index (χ0v) is 11.4. The Morgan fingerprint density at radius 3 is 1.62 bits per heavy atom. The molecule has 0 aliphatic rings. The number of hydrogen-bond donors (Lipinski definition) is 0. The minimum absolute atomic E-state index is 0.637. The predicted octanol–water partition coefficient (Wildman–Crippen LogP) is 5.60. The molecule has 0 fully saturated rings. The highest BCUT2D eigenvalue weighted by Gasteiger charge is 2.58. The minimum atomic E-state index is -4.29. The molecule has 0 unspecified atom stereocenters. The van der Waals surface area contributed by atoms with E-state index in [0.29, 0.717) is 11.1 Å². The van der Waals surface area contributed by atoms with Gasteiger partial charge in [-0.15, -0.1) is 0 Å². The van der Waals surface area contributed by atoms with Gasteiger partial charge in [0.2, 0.25) is 0 Å². The standard InChI is InChI=1S/C17H14F4/c1-12(2)13-8-10-15(11-9-13)17(20,21)16(18,19)14-6-4-3-5-7-14/h3-11H,1H2,2H3. The maximum atomic E-state index is 14.2. The number of rotatable bonds is 4. The molecule has 0 spiro atoms. The van der Waals surface area contributed by atoms with Gasteiger partial charge in [-0.2, -0.15) is 17.6 Å². The van der Waals surface area contributed by atoms with Crippen molar-refractivity contribution in [1.82, 2.24) is 0 Å². The number of halogens is 4. The van der Waals surface area contributed by atoms with Crippen LogP contribution in [0.4, 0.5) is 17.6 Å². The van der Waals surface area contributed by atoms with Gasteiger partial charge in [-0.05, 0) is 12.5 Å². The van der Waals surface area contributed by atoms with Crippen molar-refractivity contribution >= 4 is 5.57 Å². The number of alkyl halides is 4. The molecular weight excluding hydrogens is 280 g/mol. The average molecular weight is 294 g/mol. The summed E-state index contributed by atoms with van der Waals surface area (Å²) in [7, 11) is 0. The lowest BCUT2D eigenvalue weighted by Gasteiger charge is -2.27. The molecule has 0 N–H and O–H groups in total. The van der Waals surface area contributed by atoms with Gasteiger partial charge >= 0.3 is 11.8 Å². The second kappa shape index (κ2) is 5.35. The summed E-state index contributed by atoms with van der Waals surface area (Å²) >= 11 is 0. The molecule has 0 saturated heterocycles. The maximum Gasteiger partial charge on any atom is 0.339 e. The Morgan fingerprint density at radius 1 is 0.762 bits per heavy atom. The minimum Gasteiger partial charge on any atom is -0.194 e. The van der Waals surface area contributed by atoms with E-state index in [0.717, 1.165) is 24.3 Å². The van der Waals surface area contributed by atoms with E-state index >= 15 is 0 Å². The summed E-state index contributed by atoms with van der Waals surface area (Å²) in [6, 6.07) is 10.9. The fourth-order valence-corrected chi connectivity index (χ4v) is 1.97. The van der Waals surface area contributed by atoms with Crippen LogP contribution in [0.1, 0.15) is 23.6 Å². The van der Waals surface area contributed by atoms with Crippen LogP contribution in [-0.4, -0.2) is 0 Å². The summed E-state index contributed by atoms with van der Waals surface area (Å²) in [5.74, 6) is -8.57. The van der Waals surface area contributed by atoms with Gasteiger partial charge in [-0.3, -0.25) is 0 Å². The first-order chi connectivity index (χ1) is 9.76. The highest BCUT2D eigenvalue weighted by Crippen LogP contribution is 2.49. The van der Waals surface area contributed by atoms with Crippen molar-refractivity contribution in [2.24, 2.45) is 0 Å². The lowest BCUT2D eigenvalue weighted by Crippen LogP contribution is -2.35. The normalized spacial score (nSPS) is 12.2. The summed E-state index contributed by atoms with van der Waals surface area (Å²) in [5.41, 5.74) is -0.113. The fraction of sp³-hybridized carbons (Fsp3) is 0.176. The Bertz CT molecular complexity index is 628. The molecule has 0 amide bonds. The van der Waals surface area contributed by atoms with Gasteiger partial charge in [0.15, 0.2) is 0 Å². The third-order valence-electron chi connectivity index (χ3n) is 3.27. The summed E-state index contributed by atoms with van der Waals surface area (Å²) in [4.78, 5) is 0. The SMILES string of the molecule is C=C(C)c1ccc(C(F)(F)C(F)(F)c2ccccc2)cc1. The molecule has 21 heavy (non-hydrogen) atoms. The van der Waals surface area contributed by atoms with E-state index in [2.05, 4.69) is 6.58 Å². The Balaban J connectivity index is 2.43. The first-order valence-corrected chi connectivity index (χ1v) is 6.34. The third-order valence-corrected chi connectivity index (χ3v) is 3.27. The molecule has 0 bridgehead atoms. The van der Waals surface area contributed by atoms with Crippen molar-refractivity contribution in [3.05, 3.63) is 77.9 Å². The zero-order chi connectivity index (χ0) is 15.7. The van der Waals surface area contributed by atoms with Crippen LogP contribution >= 0.6 is 0 Å². The number of hydrogen-bond acceptors (Lipinski definition) is 0. The van der Waals surface area contributed by atoms with Gasteiger partial charge in [0.1, 0.15) is 0 Å². The van der Waals surface area contributed by atoms with Gasteiger partial charge in [0, 0.05) is 11.1 Å². The Morgan fingerprint density at radius 2 is 1.19 bits per heavy atom. The smallest absolute Gasteiger partial charge is 0.194 e. The zero-order valence-electron chi connectivity index (χ0n) is 11.4. The molecule has 0 atom stereocenters. The number of allylic oxidation sites excluding steroid dienone is 1. The molecule has 0 saturated carbocycles. The quantitative estimate of drug-likeness (QED) is 0.643. The Hall–Kier alpha value is -2.10.